The average molecular weight is 437 g/mol. The summed E-state index contributed by atoms with van der Waals surface area (Å²) in [4.78, 5) is 14.8. The second-order valence-corrected chi connectivity index (χ2v) is 7.37. The van der Waals surface area contributed by atoms with Gasteiger partial charge >= 0.3 is 0 Å². The zero-order valence-electron chi connectivity index (χ0n) is 18.1. The van der Waals surface area contributed by atoms with Gasteiger partial charge in [-0.2, -0.15) is 0 Å². The highest BCUT2D eigenvalue weighted by Crippen LogP contribution is 2.41. The van der Waals surface area contributed by atoms with Gasteiger partial charge in [-0.1, -0.05) is 18.2 Å². The van der Waals surface area contributed by atoms with Crippen LogP contribution in [-0.2, 0) is 11.3 Å². The molecule has 4 rings (SSSR count). The molecule has 0 bridgehead atoms. The van der Waals surface area contributed by atoms with Gasteiger partial charge in [0.15, 0.2) is 11.5 Å². The Kier molecular flexibility index (Phi) is 6.16. The predicted molar refractivity (Wildman–Crippen MR) is 117 cm³/mol. The lowest BCUT2D eigenvalue weighted by Crippen LogP contribution is -2.60. The van der Waals surface area contributed by atoms with Gasteiger partial charge in [0.25, 0.3) is 5.91 Å². The molecule has 166 valence electrons. The lowest BCUT2D eigenvalue weighted by Gasteiger charge is -2.47. The van der Waals surface area contributed by atoms with E-state index in [-0.39, 0.29) is 17.8 Å². The number of benzene rings is 3. The molecule has 6 nitrogen and oxygen atoms in total. The first-order valence-electron chi connectivity index (χ1n) is 10.1. The summed E-state index contributed by atoms with van der Waals surface area (Å²) in [5, 5.41) is 0. The number of rotatable bonds is 8. The van der Waals surface area contributed by atoms with Gasteiger partial charge in [-0.15, -0.1) is 0 Å². The largest absolute Gasteiger partial charge is 0.497 e. The zero-order chi connectivity index (χ0) is 22.7. The highest BCUT2D eigenvalue weighted by atomic mass is 19.1. The number of nitrogens with zero attached hydrogens (tertiary/aromatic N) is 1. The summed E-state index contributed by atoms with van der Waals surface area (Å²) in [6.07, 6.45) is -0.707. The Morgan fingerprint density at radius 3 is 2.09 bits per heavy atom. The average Bonchev–Trinajstić information content (AvgIpc) is 2.84. The Labute approximate surface area is 186 Å². The van der Waals surface area contributed by atoms with Crippen LogP contribution in [0.4, 0.5) is 4.39 Å². The number of likely N-dealkylation sites (tertiary alicyclic amines) is 1. The van der Waals surface area contributed by atoms with Crippen LogP contribution >= 0.6 is 0 Å². The summed E-state index contributed by atoms with van der Waals surface area (Å²) >= 11 is 0. The number of hydrogen-bond donors (Lipinski definition) is 0. The zero-order valence-corrected chi connectivity index (χ0v) is 18.1. The van der Waals surface area contributed by atoms with E-state index < -0.39 is 6.10 Å². The molecule has 1 amide bonds. The first-order valence-corrected chi connectivity index (χ1v) is 10.1. The van der Waals surface area contributed by atoms with Gasteiger partial charge in [-0.05, 0) is 59.7 Å². The van der Waals surface area contributed by atoms with Crippen LogP contribution in [-0.4, -0.2) is 38.2 Å². The van der Waals surface area contributed by atoms with E-state index in [1.807, 2.05) is 12.1 Å². The molecule has 32 heavy (non-hydrogen) atoms. The Bertz CT molecular complexity index is 1080. The number of halogens is 1. The second-order valence-electron chi connectivity index (χ2n) is 7.37. The molecule has 1 fully saturated rings. The van der Waals surface area contributed by atoms with Crippen molar-refractivity contribution in [3.8, 4) is 23.0 Å². The van der Waals surface area contributed by atoms with Crippen molar-refractivity contribution in [3.05, 3.63) is 83.7 Å². The molecule has 1 aliphatic rings. The van der Waals surface area contributed by atoms with Crippen molar-refractivity contribution in [3.63, 3.8) is 0 Å². The van der Waals surface area contributed by atoms with Gasteiger partial charge < -0.3 is 23.8 Å². The van der Waals surface area contributed by atoms with Gasteiger partial charge in [0.05, 0.1) is 21.3 Å². The standard InChI is InChI=1S/C25H24FNO5/c1-29-19-9-11-20(12-10-19)32-24-23(17-6-13-21(30-2)22(14-17)31-3)27(25(24)28)15-16-4-7-18(26)8-5-16/h4-14,23-24H,15H2,1-3H3/t23-,24+/m0/s1. The highest BCUT2D eigenvalue weighted by Gasteiger charge is 2.50. The molecular formula is C25H24FNO5. The topological polar surface area (TPSA) is 57.2 Å². The van der Waals surface area contributed by atoms with E-state index in [4.69, 9.17) is 18.9 Å². The third-order valence-corrected chi connectivity index (χ3v) is 5.49. The molecule has 0 N–H and O–H groups in total. The first kappa shape index (κ1) is 21.5. The highest BCUT2D eigenvalue weighted by molar-refractivity contribution is 5.89. The van der Waals surface area contributed by atoms with E-state index >= 15 is 0 Å². The maximum atomic E-state index is 13.3. The predicted octanol–water partition coefficient (Wildman–Crippen LogP) is 4.38. The lowest BCUT2D eigenvalue weighted by atomic mass is 9.89. The lowest BCUT2D eigenvalue weighted by molar-refractivity contribution is -0.165. The van der Waals surface area contributed by atoms with E-state index in [0.717, 1.165) is 11.1 Å². The molecule has 0 radical (unpaired) electrons. The van der Waals surface area contributed by atoms with E-state index in [9.17, 15) is 9.18 Å². The van der Waals surface area contributed by atoms with Gasteiger partial charge in [0, 0.05) is 6.54 Å². The number of β-lactam (4-membered cyclic amide) rings is 1. The molecule has 2 atom stereocenters. The minimum Gasteiger partial charge on any atom is -0.497 e. The summed E-state index contributed by atoms with van der Waals surface area (Å²) in [6.45, 7) is 0.334. The van der Waals surface area contributed by atoms with Gasteiger partial charge in [0.1, 0.15) is 23.4 Å². The Morgan fingerprint density at radius 2 is 1.47 bits per heavy atom. The van der Waals surface area contributed by atoms with E-state index in [1.54, 1.807) is 68.7 Å². The third-order valence-electron chi connectivity index (χ3n) is 5.49. The maximum absolute atomic E-state index is 13.3. The van der Waals surface area contributed by atoms with Crippen molar-refractivity contribution < 1.29 is 28.1 Å². The molecular weight excluding hydrogens is 413 g/mol. The molecule has 0 spiro atoms. The molecule has 0 saturated carbocycles. The third kappa shape index (κ3) is 4.19. The molecule has 1 aliphatic heterocycles. The molecule has 1 saturated heterocycles. The van der Waals surface area contributed by atoms with Crippen LogP contribution in [0, 0.1) is 5.82 Å². The molecule has 0 unspecified atom stereocenters. The van der Waals surface area contributed by atoms with Crippen LogP contribution in [0.5, 0.6) is 23.0 Å². The van der Waals surface area contributed by atoms with Crippen molar-refractivity contribution in [2.24, 2.45) is 0 Å². The molecule has 0 aliphatic carbocycles. The summed E-state index contributed by atoms with van der Waals surface area (Å²) in [5.74, 6) is 1.96. The van der Waals surface area contributed by atoms with Crippen molar-refractivity contribution >= 4 is 5.91 Å². The Morgan fingerprint density at radius 1 is 0.812 bits per heavy atom. The Hall–Kier alpha value is -3.74. The first-order chi connectivity index (χ1) is 15.5. The van der Waals surface area contributed by atoms with E-state index in [0.29, 0.717) is 29.5 Å². The summed E-state index contributed by atoms with van der Waals surface area (Å²) < 4.78 is 35.3. The SMILES string of the molecule is COc1ccc(O[C@H]2C(=O)N(Cc3ccc(F)cc3)[C@H]2c2ccc(OC)c(OC)c2)cc1. The fourth-order valence-electron chi connectivity index (χ4n) is 3.79. The van der Waals surface area contributed by atoms with Crippen LogP contribution in [0.2, 0.25) is 0 Å². The number of hydrogen-bond acceptors (Lipinski definition) is 5. The van der Waals surface area contributed by atoms with Crippen molar-refractivity contribution in [2.75, 3.05) is 21.3 Å². The molecule has 3 aromatic carbocycles. The Balaban J connectivity index is 1.64. The van der Waals surface area contributed by atoms with Crippen molar-refractivity contribution in [1.29, 1.82) is 0 Å². The summed E-state index contributed by atoms with van der Waals surface area (Å²) in [7, 11) is 4.72. The fraction of sp³-hybridized carbons (Fsp3) is 0.240. The molecule has 0 aromatic heterocycles. The van der Waals surface area contributed by atoms with Crippen LogP contribution in [0.1, 0.15) is 17.2 Å². The number of amides is 1. The quantitative estimate of drug-likeness (QED) is 0.490. The second kappa shape index (κ2) is 9.18. The van der Waals surface area contributed by atoms with Crippen molar-refractivity contribution in [1.82, 2.24) is 4.90 Å². The van der Waals surface area contributed by atoms with E-state index in [2.05, 4.69) is 0 Å². The smallest absolute Gasteiger partial charge is 0.267 e. The van der Waals surface area contributed by atoms with Crippen LogP contribution in [0.25, 0.3) is 0 Å². The fourth-order valence-corrected chi connectivity index (χ4v) is 3.79. The van der Waals surface area contributed by atoms with E-state index in [1.165, 1.54) is 12.1 Å². The monoisotopic (exact) mass is 437 g/mol. The van der Waals surface area contributed by atoms with Crippen LogP contribution in [0.3, 0.4) is 0 Å². The van der Waals surface area contributed by atoms with Crippen LogP contribution in [0.15, 0.2) is 66.7 Å². The molecule has 7 heteroatoms. The number of methoxy groups -OCH3 is 3. The number of carbonyl (C=O) groups excluding carboxylic acids is 1. The normalized spacial score (nSPS) is 17.5. The number of carbonyl (C=O) groups is 1. The maximum Gasteiger partial charge on any atom is 0.267 e. The minimum atomic E-state index is -0.707. The number of ether oxygens (including phenoxy) is 4. The summed E-state index contributed by atoms with van der Waals surface area (Å²) in [5.41, 5.74) is 1.68. The van der Waals surface area contributed by atoms with Gasteiger partial charge in [-0.25, -0.2) is 4.39 Å². The molecule has 3 aromatic rings. The van der Waals surface area contributed by atoms with Crippen LogP contribution < -0.4 is 18.9 Å². The van der Waals surface area contributed by atoms with Gasteiger partial charge in [-0.3, -0.25) is 4.79 Å². The molecule has 1 heterocycles. The van der Waals surface area contributed by atoms with Crippen molar-refractivity contribution in [2.45, 2.75) is 18.7 Å². The summed E-state index contributed by atoms with van der Waals surface area (Å²) in [6, 6.07) is 18.4. The minimum absolute atomic E-state index is 0.148. The van der Waals surface area contributed by atoms with Gasteiger partial charge in [0.2, 0.25) is 6.10 Å².